The van der Waals surface area contributed by atoms with Gasteiger partial charge >= 0.3 is 0 Å². The number of ether oxygens (including phenoxy) is 1. The zero-order valence-electron chi connectivity index (χ0n) is 16.6. The normalized spacial score (nSPS) is 30.8. The summed E-state index contributed by atoms with van der Waals surface area (Å²) in [5.41, 5.74) is 1.61. The van der Waals surface area contributed by atoms with Crippen molar-refractivity contribution in [3.05, 3.63) is 47.7 Å². The first-order valence-corrected chi connectivity index (χ1v) is 10.6. The van der Waals surface area contributed by atoms with Gasteiger partial charge in [-0.15, -0.1) is 0 Å². The van der Waals surface area contributed by atoms with Crippen LogP contribution in [0.2, 0.25) is 0 Å². The molecule has 3 bridgehead atoms. The highest BCUT2D eigenvalue weighted by Crippen LogP contribution is 2.55. The number of hydrogen-bond acceptors (Lipinski definition) is 3. The molecule has 0 radical (unpaired) electrons. The predicted octanol–water partition coefficient (Wildman–Crippen LogP) is 4.09. The molecular weight excluding hydrogens is 350 g/mol. The van der Waals surface area contributed by atoms with Crippen LogP contribution in [0.25, 0.3) is 0 Å². The Morgan fingerprint density at radius 1 is 1.21 bits per heavy atom. The minimum Gasteiger partial charge on any atom is -0.472 e. The third-order valence-electron chi connectivity index (χ3n) is 7.20. The van der Waals surface area contributed by atoms with Crippen molar-refractivity contribution in [3.63, 3.8) is 0 Å². The lowest BCUT2D eigenvalue weighted by molar-refractivity contribution is 0.0847. The number of benzene rings is 1. The van der Waals surface area contributed by atoms with Gasteiger partial charge in [0.15, 0.2) is 0 Å². The summed E-state index contributed by atoms with van der Waals surface area (Å²) in [5, 5.41) is 7.74. The number of aryl methyl sites for hydroxylation is 1. The molecule has 148 valence electrons. The topological polar surface area (TPSA) is 56.2 Å². The van der Waals surface area contributed by atoms with Gasteiger partial charge in [0.05, 0.1) is 6.20 Å². The maximum Gasteiger partial charge on any atom is 0.258 e. The molecule has 3 fully saturated rings. The van der Waals surface area contributed by atoms with Crippen LogP contribution in [0.5, 0.6) is 5.88 Å². The Hall–Kier alpha value is -2.30. The van der Waals surface area contributed by atoms with Crippen LogP contribution in [-0.4, -0.2) is 21.2 Å². The Labute approximate surface area is 166 Å². The van der Waals surface area contributed by atoms with Gasteiger partial charge in [0, 0.05) is 12.6 Å². The van der Waals surface area contributed by atoms with Crippen LogP contribution in [0.4, 0.5) is 0 Å². The minimum atomic E-state index is -0.0308. The molecule has 1 N–H and O–H groups in total. The van der Waals surface area contributed by atoms with Gasteiger partial charge in [0.25, 0.3) is 5.91 Å². The van der Waals surface area contributed by atoms with Crippen LogP contribution in [0.1, 0.15) is 60.9 Å². The van der Waals surface area contributed by atoms with Gasteiger partial charge in [-0.1, -0.05) is 49.6 Å². The van der Waals surface area contributed by atoms with E-state index in [2.05, 4.69) is 10.4 Å². The lowest BCUT2D eigenvalue weighted by Gasteiger charge is -2.38. The Bertz CT molecular complexity index is 858. The van der Waals surface area contributed by atoms with Crippen molar-refractivity contribution >= 4 is 5.91 Å². The van der Waals surface area contributed by atoms with Gasteiger partial charge < -0.3 is 10.1 Å². The van der Waals surface area contributed by atoms with Crippen molar-refractivity contribution in [2.24, 2.45) is 24.8 Å². The standard InChI is InChI=1S/C23H29N3O2/c1-26-22(28-15-16-6-3-2-4-7-16)20(14-24-26)21(27)25-23-11-17-8-5-9-18(12-23)19(10-17)13-23/h2-4,6-7,14,17-19H,5,8-13,15H2,1H3,(H,25,27). The average Bonchev–Trinajstić information content (AvgIpc) is 3.12. The fourth-order valence-electron chi connectivity index (χ4n) is 6.09. The van der Waals surface area contributed by atoms with Gasteiger partial charge in [-0.2, -0.15) is 5.10 Å². The van der Waals surface area contributed by atoms with E-state index in [0.717, 1.165) is 42.6 Å². The molecule has 5 rings (SSSR count). The average molecular weight is 380 g/mol. The highest BCUT2D eigenvalue weighted by molar-refractivity contribution is 5.96. The van der Waals surface area contributed by atoms with Crippen molar-refractivity contribution in [1.82, 2.24) is 15.1 Å². The van der Waals surface area contributed by atoms with E-state index in [1.807, 2.05) is 37.4 Å². The summed E-state index contributed by atoms with van der Waals surface area (Å²) in [6, 6.07) is 10.0. The van der Waals surface area contributed by atoms with Gasteiger partial charge in [0.2, 0.25) is 5.88 Å². The minimum absolute atomic E-state index is 0.0116. The van der Waals surface area contributed by atoms with E-state index in [4.69, 9.17) is 4.74 Å². The first kappa shape index (κ1) is 17.8. The molecule has 3 aliphatic rings. The number of fused-ring (bicyclic) bond motifs is 2. The Morgan fingerprint density at radius 2 is 2.04 bits per heavy atom. The van der Waals surface area contributed by atoms with Crippen molar-refractivity contribution in [1.29, 1.82) is 0 Å². The number of carbonyl (C=O) groups excluding carboxylic acids is 1. The molecule has 1 heterocycles. The van der Waals surface area contributed by atoms with Gasteiger partial charge in [-0.05, 0) is 49.0 Å². The number of nitrogens with one attached hydrogen (secondary N) is 1. The maximum absolute atomic E-state index is 13.2. The monoisotopic (exact) mass is 379 g/mol. The third kappa shape index (κ3) is 3.21. The first-order chi connectivity index (χ1) is 13.6. The quantitative estimate of drug-likeness (QED) is 0.851. The number of carbonyl (C=O) groups is 1. The Morgan fingerprint density at radius 3 is 2.89 bits per heavy atom. The smallest absolute Gasteiger partial charge is 0.258 e. The molecule has 1 amide bonds. The molecule has 5 nitrogen and oxygen atoms in total. The molecule has 28 heavy (non-hydrogen) atoms. The highest BCUT2D eigenvalue weighted by Gasteiger charge is 2.52. The molecule has 3 aliphatic carbocycles. The fraction of sp³-hybridized carbons (Fsp3) is 0.565. The molecule has 1 aromatic heterocycles. The van der Waals surface area contributed by atoms with E-state index in [-0.39, 0.29) is 11.4 Å². The molecule has 0 aliphatic heterocycles. The fourth-order valence-corrected chi connectivity index (χ4v) is 6.09. The molecular formula is C23H29N3O2. The Balaban J connectivity index is 1.32. The number of rotatable bonds is 5. The van der Waals surface area contributed by atoms with Gasteiger partial charge in [-0.3, -0.25) is 4.79 Å². The molecule has 4 unspecified atom stereocenters. The van der Waals surface area contributed by atoms with Crippen molar-refractivity contribution in [2.75, 3.05) is 0 Å². The second kappa shape index (κ2) is 6.94. The van der Waals surface area contributed by atoms with Crippen molar-refractivity contribution in [3.8, 4) is 5.88 Å². The molecule has 1 aromatic carbocycles. The molecule has 2 aromatic rings. The second-order valence-corrected chi connectivity index (χ2v) is 9.16. The highest BCUT2D eigenvalue weighted by atomic mass is 16.5. The number of aromatic nitrogens is 2. The lowest BCUT2D eigenvalue weighted by Crippen LogP contribution is -2.49. The summed E-state index contributed by atoms with van der Waals surface area (Å²) in [6.45, 7) is 0.429. The number of nitrogens with zero attached hydrogens (tertiary/aromatic N) is 2. The molecule has 5 heteroatoms. The van der Waals surface area contributed by atoms with Crippen LogP contribution in [-0.2, 0) is 13.7 Å². The van der Waals surface area contributed by atoms with Gasteiger partial charge in [0.1, 0.15) is 12.2 Å². The summed E-state index contributed by atoms with van der Waals surface area (Å²) in [4.78, 5) is 13.2. The lowest BCUT2D eigenvalue weighted by atomic mass is 9.75. The van der Waals surface area contributed by atoms with E-state index < -0.39 is 0 Å². The van der Waals surface area contributed by atoms with Crippen LogP contribution < -0.4 is 10.1 Å². The molecule has 0 spiro atoms. The molecule has 4 atom stereocenters. The Kier molecular flexibility index (Phi) is 4.41. The summed E-state index contributed by atoms with van der Waals surface area (Å²) < 4.78 is 7.65. The SMILES string of the molecule is Cn1ncc(C(=O)NC23CC4CCCC(C2)C(C4)C3)c1OCc1ccccc1. The third-order valence-corrected chi connectivity index (χ3v) is 7.20. The zero-order chi connectivity index (χ0) is 19.1. The number of amides is 1. The van der Waals surface area contributed by atoms with Crippen LogP contribution in [0, 0.1) is 17.8 Å². The van der Waals surface area contributed by atoms with Crippen LogP contribution in [0.15, 0.2) is 36.5 Å². The summed E-state index contributed by atoms with van der Waals surface area (Å²) in [5.74, 6) is 2.91. The summed E-state index contributed by atoms with van der Waals surface area (Å²) in [6.07, 6.45) is 10.5. The van der Waals surface area contributed by atoms with E-state index in [1.54, 1.807) is 10.9 Å². The largest absolute Gasteiger partial charge is 0.472 e. The van der Waals surface area contributed by atoms with Gasteiger partial charge in [-0.25, -0.2) is 4.68 Å². The predicted molar refractivity (Wildman–Crippen MR) is 107 cm³/mol. The van der Waals surface area contributed by atoms with E-state index in [1.165, 1.54) is 25.7 Å². The summed E-state index contributed by atoms with van der Waals surface area (Å²) >= 11 is 0. The zero-order valence-corrected chi connectivity index (χ0v) is 16.6. The van der Waals surface area contributed by atoms with Crippen molar-refractivity contribution in [2.45, 2.75) is 57.1 Å². The van der Waals surface area contributed by atoms with E-state index >= 15 is 0 Å². The maximum atomic E-state index is 13.2. The van der Waals surface area contributed by atoms with Crippen molar-refractivity contribution < 1.29 is 9.53 Å². The van der Waals surface area contributed by atoms with Crippen LogP contribution in [0.3, 0.4) is 0 Å². The second-order valence-electron chi connectivity index (χ2n) is 9.16. The number of hydrogen-bond donors (Lipinski definition) is 1. The van der Waals surface area contributed by atoms with Crippen LogP contribution >= 0.6 is 0 Å². The summed E-state index contributed by atoms with van der Waals surface area (Å²) in [7, 11) is 1.83. The van der Waals surface area contributed by atoms with E-state index in [9.17, 15) is 4.79 Å². The molecule has 3 saturated carbocycles. The molecule has 0 saturated heterocycles. The van der Waals surface area contributed by atoms with E-state index in [0.29, 0.717) is 18.1 Å². The first-order valence-electron chi connectivity index (χ1n) is 10.6.